The summed E-state index contributed by atoms with van der Waals surface area (Å²) in [7, 11) is 0. The third kappa shape index (κ3) is 3.46. The normalized spacial score (nSPS) is 12.1. The maximum Gasteiger partial charge on any atom is 0.252 e. The number of nitrogens with zero attached hydrogens (tertiary/aromatic N) is 1. The highest BCUT2D eigenvalue weighted by molar-refractivity contribution is 6.07. The van der Waals surface area contributed by atoms with Crippen LogP contribution < -0.4 is 5.32 Å². The molecular formula is C21H22N2O. The van der Waals surface area contributed by atoms with Gasteiger partial charge in [-0.05, 0) is 25.5 Å². The number of carbonyl (C=O) groups is 1. The second kappa shape index (κ2) is 7.26. The van der Waals surface area contributed by atoms with Gasteiger partial charge in [-0.2, -0.15) is 0 Å². The van der Waals surface area contributed by atoms with E-state index in [-0.39, 0.29) is 11.9 Å². The molecule has 1 N–H and O–H groups in total. The predicted octanol–water partition coefficient (Wildman–Crippen LogP) is 4.82. The Bertz CT molecular complexity index is 843. The molecular weight excluding hydrogens is 296 g/mol. The van der Waals surface area contributed by atoms with Crippen molar-refractivity contribution in [3.63, 3.8) is 0 Å². The maximum absolute atomic E-state index is 12.8. The Kier molecular flexibility index (Phi) is 4.90. The average Bonchev–Trinajstić information content (AvgIpc) is 2.61. The van der Waals surface area contributed by atoms with Crippen LogP contribution in [0.15, 0.2) is 60.7 Å². The number of amides is 1. The first-order valence-corrected chi connectivity index (χ1v) is 8.45. The molecule has 1 aromatic heterocycles. The molecule has 1 heterocycles. The second-order valence-corrected chi connectivity index (χ2v) is 6.10. The molecule has 0 saturated heterocycles. The third-order valence-corrected chi connectivity index (χ3v) is 4.13. The van der Waals surface area contributed by atoms with E-state index in [0.717, 1.165) is 35.0 Å². The quantitative estimate of drug-likeness (QED) is 0.733. The summed E-state index contributed by atoms with van der Waals surface area (Å²) >= 11 is 0. The van der Waals surface area contributed by atoms with Gasteiger partial charge >= 0.3 is 0 Å². The van der Waals surface area contributed by atoms with Crippen LogP contribution in [0.4, 0.5) is 0 Å². The standard InChI is InChI=1S/C21H22N2O/c1-3-9-15(2)22-21(24)18-14-20(16-10-5-4-6-11-16)23-19-13-8-7-12-17(18)19/h4-8,10-15H,3,9H2,1-2H3,(H,22,24). The van der Waals surface area contributed by atoms with Crippen LogP contribution in [0.3, 0.4) is 0 Å². The minimum atomic E-state index is -0.0354. The molecule has 3 aromatic rings. The number of hydrogen-bond acceptors (Lipinski definition) is 2. The van der Waals surface area contributed by atoms with Crippen molar-refractivity contribution in [1.82, 2.24) is 10.3 Å². The van der Waals surface area contributed by atoms with Crippen LogP contribution in [-0.4, -0.2) is 16.9 Å². The monoisotopic (exact) mass is 318 g/mol. The number of carbonyl (C=O) groups excluding carboxylic acids is 1. The van der Waals surface area contributed by atoms with Gasteiger partial charge < -0.3 is 5.32 Å². The summed E-state index contributed by atoms with van der Waals surface area (Å²) < 4.78 is 0. The number of benzene rings is 2. The van der Waals surface area contributed by atoms with E-state index in [1.807, 2.05) is 67.6 Å². The number of para-hydroxylation sites is 1. The first-order chi connectivity index (χ1) is 11.7. The van der Waals surface area contributed by atoms with Crippen molar-refractivity contribution >= 4 is 16.8 Å². The lowest BCUT2D eigenvalue weighted by Gasteiger charge is -2.15. The number of pyridine rings is 1. The van der Waals surface area contributed by atoms with Gasteiger partial charge in [-0.3, -0.25) is 4.79 Å². The number of rotatable bonds is 5. The fourth-order valence-electron chi connectivity index (χ4n) is 2.93. The molecule has 1 atom stereocenters. The number of aromatic nitrogens is 1. The maximum atomic E-state index is 12.8. The SMILES string of the molecule is CCCC(C)NC(=O)c1cc(-c2ccccc2)nc2ccccc12. The second-order valence-electron chi connectivity index (χ2n) is 6.10. The number of fused-ring (bicyclic) bond motifs is 1. The molecule has 0 fully saturated rings. The van der Waals surface area contributed by atoms with Gasteiger partial charge in [0.15, 0.2) is 0 Å². The Hall–Kier alpha value is -2.68. The van der Waals surface area contributed by atoms with Gasteiger partial charge in [-0.15, -0.1) is 0 Å². The molecule has 3 rings (SSSR count). The van der Waals surface area contributed by atoms with Crippen LogP contribution in [0.1, 0.15) is 37.0 Å². The first-order valence-electron chi connectivity index (χ1n) is 8.45. The topological polar surface area (TPSA) is 42.0 Å². The highest BCUT2D eigenvalue weighted by atomic mass is 16.1. The fourth-order valence-corrected chi connectivity index (χ4v) is 2.93. The molecule has 24 heavy (non-hydrogen) atoms. The number of hydrogen-bond donors (Lipinski definition) is 1. The smallest absolute Gasteiger partial charge is 0.252 e. The molecule has 3 nitrogen and oxygen atoms in total. The van der Waals surface area contributed by atoms with E-state index in [1.165, 1.54) is 0 Å². The van der Waals surface area contributed by atoms with Crippen molar-refractivity contribution in [2.24, 2.45) is 0 Å². The van der Waals surface area contributed by atoms with Crippen LogP contribution in [-0.2, 0) is 0 Å². The van der Waals surface area contributed by atoms with Crippen molar-refractivity contribution in [2.75, 3.05) is 0 Å². The number of nitrogens with one attached hydrogen (secondary N) is 1. The van der Waals surface area contributed by atoms with Crippen LogP contribution in [0.2, 0.25) is 0 Å². The average molecular weight is 318 g/mol. The zero-order valence-electron chi connectivity index (χ0n) is 14.1. The summed E-state index contributed by atoms with van der Waals surface area (Å²) in [6, 6.07) is 19.8. The molecule has 1 amide bonds. The van der Waals surface area contributed by atoms with Crippen LogP contribution in [0.5, 0.6) is 0 Å². The highest BCUT2D eigenvalue weighted by Gasteiger charge is 2.15. The summed E-state index contributed by atoms with van der Waals surface area (Å²) in [4.78, 5) is 17.5. The highest BCUT2D eigenvalue weighted by Crippen LogP contribution is 2.24. The molecule has 0 bridgehead atoms. The van der Waals surface area contributed by atoms with Crippen molar-refractivity contribution in [3.8, 4) is 11.3 Å². The van der Waals surface area contributed by atoms with Crippen LogP contribution >= 0.6 is 0 Å². The molecule has 122 valence electrons. The van der Waals surface area contributed by atoms with E-state index in [4.69, 9.17) is 4.98 Å². The van der Waals surface area contributed by atoms with Gasteiger partial charge in [0.1, 0.15) is 0 Å². The van der Waals surface area contributed by atoms with Crippen molar-refractivity contribution in [3.05, 3.63) is 66.2 Å². The molecule has 0 spiro atoms. The summed E-state index contributed by atoms with van der Waals surface area (Å²) in [5.41, 5.74) is 3.36. The van der Waals surface area contributed by atoms with E-state index in [9.17, 15) is 4.79 Å². The van der Waals surface area contributed by atoms with E-state index in [2.05, 4.69) is 12.2 Å². The molecule has 0 aliphatic rings. The molecule has 0 radical (unpaired) electrons. The van der Waals surface area contributed by atoms with Gasteiger partial charge in [0, 0.05) is 17.0 Å². The summed E-state index contributed by atoms with van der Waals surface area (Å²) in [6.07, 6.45) is 2.02. The lowest BCUT2D eigenvalue weighted by atomic mass is 10.0. The minimum Gasteiger partial charge on any atom is -0.350 e. The van der Waals surface area contributed by atoms with Gasteiger partial charge in [0.05, 0.1) is 16.8 Å². The minimum absolute atomic E-state index is 0.0354. The van der Waals surface area contributed by atoms with Crippen LogP contribution in [0.25, 0.3) is 22.2 Å². The molecule has 2 aromatic carbocycles. The van der Waals surface area contributed by atoms with Crippen LogP contribution in [0, 0.1) is 0 Å². The first kappa shape index (κ1) is 16.2. The van der Waals surface area contributed by atoms with Gasteiger partial charge in [0.2, 0.25) is 0 Å². The van der Waals surface area contributed by atoms with Crippen molar-refractivity contribution in [1.29, 1.82) is 0 Å². The fraction of sp³-hybridized carbons (Fsp3) is 0.238. The Balaban J connectivity index is 2.06. The molecule has 3 heteroatoms. The molecule has 1 unspecified atom stereocenters. The van der Waals surface area contributed by atoms with Crippen molar-refractivity contribution < 1.29 is 4.79 Å². The Labute approximate surface area is 142 Å². The van der Waals surface area contributed by atoms with E-state index < -0.39 is 0 Å². The van der Waals surface area contributed by atoms with Crippen molar-refractivity contribution in [2.45, 2.75) is 32.7 Å². The zero-order chi connectivity index (χ0) is 16.9. The summed E-state index contributed by atoms with van der Waals surface area (Å²) in [5.74, 6) is -0.0354. The Morgan fingerprint density at radius 3 is 2.54 bits per heavy atom. The van der Waals surface area contributed by atoms with E-state index in [0.29, 0.717) is 5.56 Å². The Morgan fingerprint density at radius 1 is 1.08 bits per heavy atom. The zero-order valence-corrected chi connectivity index (χ0v) is 14.1. The third-order valence-electron chi connectivity index (χ3n) is 4.13. The predicted molar refractivity (Wildman–Crippen MR) is 99.0 cm³/mol. The Morgan fingerprint density at radius 2 is 1.79 bits per heavy atom. The largest absolute Gasteiger partial charge is 0.350 e. The lowest BCUT2D eigenvalue weighted by molar-refractivity contribution is 0.0940. The van der Waals surface area contributed by atoms with Gasteiger partial charge in [0.25, 0.3) is 5.91 Å². The lowest BCUT2D eigenvalue weighted by Crippen LogP contribution is -2.32. The van der Waals surface area contributed by atoms with Gasteiger partial charge in [-0.25, -0.2) is 4.98 Å². The molecule has 0 aliphatic heterocycles. The summed E-state index contributed by atoms with van der Waals surface area (Å²) in [6.45, 7) is 4.17. The molecule has 0 saturated carbocycles. The molecule has 0 aliphatic carbocycles. The van der Waals surface area contributed by atoms with Gasteiger partial charge in [-0.1, -0.05) is 61.9 Å². The summed E-state index contributed by atoms with van der Waals surface area (Å²) in [5, 5.41) is 3.99. The van der Waals surface area contributed by atoms with E-state index >= 15 is 0 Å². The van der Waals surface area contributed by atoms with E-state index in [1.54, 1.807) is 0 Å².